The van der Waals surface area contributed by atoms with Gasteiger partial charge in [0.2, 0.25) is 0 Å². The Labute approximate surface area is 108 Å². The van der Waals surface area contributed by atoms with E-state index in [-0.39, 0.29) is 0 Å². The summed E-state index contributed by atoms with van der Waals surface area (Å²) in [5, 5.41) is 12.6. The molecule has 2 aliphatic heterocycles. The number of piperidine rings is 1. The Balaban J connectivity index is 1.77. The van der Waals surface area contributed by atoms with Crippen LogP contribution in [0.5, 0.6) is 0 Å². The second-order valence-electron chi connectivity index (χ2n) is 5.15. The first-order chi connectivity index (χ1) is 8.88. The number of fused-ring (bicyclic) bond motifs is 1. The predicted octanol–water partition coefficient (Wildman–Crippen LogP) is 1.99. The number of hydrogen-bond acceptors (Lipinski definition) is 4. The molecule has 4 nitrogen and oxygen atoms in total. The van der Waals surface area contributed by atoms with E-state index in [0.717, 1.165) is 5.82 Å². The zero-order chi connectivity index (χ0) is 12.4. The fraction of sp³-hybridized carbons (Fsp3) is 0.571. The van der Waals surface area contributed by atoms with E-state index in [4.69, 9.17) is 5.26 Å². The Morgan fingerprint density at radius 1 is 1.33 bits per heavy atom. The molecule has 2 saturated heterocycles. The molecule has 0 saturated carbocycles. The molecule has 4 heteroatoms. The minimum atomic E-state index is 0.447. The van der Waals surface area contributed by atoms with E-state index >= 15 is 0 Å². The highest BCUT2D eigenvalue weighted by atomic mass is 15.2. The molecule has 18 heavy (non-hydrogen) atoms. The lowest BCUT2D eigenvalue weighted by molar-refractivity contribution is 0.183. The molecule has 2 aliphatic rings. The number of nitrogens with zero attached hydrogens (tertiary/aromatic N) is 3. The molecule has 0 radical (unpaired) electrons. The fourth-order valence-corrected chi connectivity index (χ4v) is 3.25. The molecule has 0 amide bonds. The first-order valence-electron chi connectivity index (χ1n) is 6.74. The molecule has 0 spiro atoms. The van der Waals surface area contributed by atoms with Crippen molar-refractivity contribution in [2.24, 2.45) is 0 Å². The summed E-state index contributed by atoms with van der Waals surface area (Å²) in [5.74, 6) is 0.749. The van der Waals surface area contributed by atoms with Crippen LogP contribution in [0.4, 0.5) is 5.82 Å². The van der Waals surface area contributed by atoms with Crippen molar-refractivity contribution in [1.82, 2.24) is 9.88 Å². The van der Waals surface area contributed by atoms with E-state index in [9.17, 15) is 0 Å². The maximum atomic E-state index is 9.09. The lowest BCUT2D eigenvalue weighted by Gasteiger charge is -2.37. The second kappa shape index (κ2) is 4.95. The van der Waals surface area contributed by atoms with Crippen LogP contribution in [-0.4, -0.2) is 35.1 Å². The Morgan fingerprint density at radius 3 is 3.00 bits per heavy atom. The summed E-state index contributed by atoms with van der Waals surface area (Å²) in [4.78, 5) is 6.89. The Morgan fingerprint density at radius 2 is 2.17 bits per heavy atom. The fourth-order valence-electron chi connectivity index (χ4n) is 3.25. The molecular formula is C14H18N4. The molecule has 94 valence electrons. The summed E-state index contributed by atoms with van der Waals surface area (Å²) in [7, 11) is 0. The van der Waals surface area contributed by atoms with Crippen LogP contribution in [0.2, 0.25) is 0 Å². The predicted molar refractivity (Wildman–Crippen MR) is 70.2 cm³/mol. The number of anilines is 1. The smallest absolute Gasteiger partial charge is 0.144 e. The molecule has 2 atom stereocenters. The van der Waals surface area contributed by atoms with Gasteiger partial charge < -0.3 is 5.32 Å². The molecule has 0 aromatic carbocycles. The van der Waals surface area contributed by atoms with E-state index in [1.54, 1.807) is 6.20 Å². The van der Waals surface area contributed by atoms with Gasteiger partial charge in [-0.25, -0.2) is 4.98 Å². The topological polar surface area (TPSA) is 52.0 Å². The van der Waals surface area contributed by atoms with Crippen LogP contribution in [0.15, 0.2) is 18.3 Å². The van der Waals surface area contributed by atoms with Crippen LogP contribution in [0.1, 0.15) is 31.2 Å². The second-order valence-corrected chi connectivity index (χ2v) is 5.15. The molecule has 0 aliphatic carbocycles. The molecule has 0 bridgehead atoms. The molecule has 1 aromatic heterocycles. The molecule has 1 aromatic rings. The van der Waals surface area contributed by atoms with Crippen LogP contribution in [-0.2, 0) is 0 Å². The standard InChI is InChI=1S/C14H18N4/c15-10-11-4-1-7-16-14(11)17-12-5-2-8-18-9-3-6-13(12)18/h1,4,7,12-13H,2-3,5-6,8-9H2,(H,16,17)/t12-,13-/m0/s1. The zero-order valence-electron chi connectivity index (χ0n) is 10.5. The molecule has 1 N–H and O–H groups in total. The van der Waals surface area contributed by atoms with Gasteiger partial charge in [0.1, 0.15) is 11.9 Å². The van der Waals surface area contributed by atoms with Crippen LogP contribution in [0.25, 0.3) is 0 Å². The average molecular weight is 242 g/mol. The Kier molecular flexibility index (Phi) is 3.16. The first-order valence-corrected chi connectivity index (χ1v) is 6.74. The van der Waals surface area contributed by atoms with Gasteiger partial charge in [-0.2, -0.15) is 5.26 Å². The lowest BCUT2D eigenvalue weighted by Crippen LogP contribution is -2.47. The third kappa shape index (κ3) is 2.06. The van der Waals surface area contributed by atoms with Crippen LogP contribution in [0, 0.1) is 11.3 Å². The summed E-state index contributed by atoms with van der Waals surface area (Å²) in [6.07, 6.45) is 6.74. The van der Waals surface area contributed by atoms with Crippen LogP contribution < -0.4 is 5.32 Å². The molecule has 2 fully saturated rings. The Bertz CT molecular complexity index is 465. The van der Waals surface area contributed by atoms with Crippen molar-refractivity contribution in [1.29, 1.82) is 5.26 Å². The maximum absolute atomic E-state index is 9.09. The first kappa shape index (κ1) is 11.5. The molecular weight excluding hydrogens is 224 g/mol. The van der Waals surface area contributed by atoms with Gasteiger partial charge in [-0.15, -0.1) is 0 Å². The summed E-state index contributed by atoms with van der Waals surface area (Å²) in [6, 6.07) is 6.92. The van der Waals surface area contributed by atoms with Crippen LogP contribution >= 0.6 is 0 Å². The summed E-state index contributed by atoms with van der Waals surface area (Å²) < 4.78 is 0. The largest absolute Gasteiger partial charge is 0.365 e. The number of nitriles is 1. The average Bonchev–Trinajstić information content (AvgIpc) is 2.89. The van der Waals surface area contributed by atoms with Gasteiger partial charge >= 0.3 is 0 Å². The molecule has 3 heterocycles. The van der Waals surface area contributed by atoms with Crippen molar-refractivity contribution >= 4 is 5.82 Å². The third-order valence-corrected chi connectivity index (χ3v) is 4.09. The van der Waals surface area contributed by atoms with Gasteiger partial charge in [0.15, 0.2) is 0 Å². The monoisotopic (exact) mass is 242 g/mol. The van der Waals surface area contributed by atoms with E-state index in [1.165, 1.54) is 38.8 Å². The Hall–Kier alpha value is -1.60. The van der Waals surface area contributed by atoms with Gasteiger partial charge in [0.25, 0.3) is 0 Å². The normalized spacial score (nSPS) is 27.5. The number of rotatable bonds is 2. The minimum absolute atomic E-state index is 0.447. The number of aromatic nitrogens is 1. The van der Waals surface area contributed by atoms with Crippen molar-refractivity contribution in [3.05, 3.63) is 23.9 Å². The number of hydrogen-bond donors (Lipinski definition) is 1. The van der Waals surface area contributed by atoms with E-state index < -0.39 is 0 Å². The minimum Gasteiger partial charge on any atom is -0.365 e. The van der Waals surface area contributed by atoms with E-state index in [1.807, 2.05) is 12.1 Å². The highest BCUT2D eigenvalue weighted by molar-refractivity contribution is 5.52. The van der Waals surface area contributed by atoms with Crippen molar-refractivity contribution in [2.75, 3.05) is 18.4 Å². The molecule has 0 unspecified atom stereocenters. The SMILES string of the molecule is N#Cc1cccnc1N[C@H]1CCCN2CCC[C@@H]12. The van der Waals surface area contributed by atoms with Gasteiger partial charge in [-0.1, -0.05) is 0 Å². The quantitative estimate of drug-likeness (QED) is 0.861. The van der Waals surface area contributed by atoms with E-state index in [0.29, 0.717) is 17.6 Å². The number of nitrogens with one attached hydrogen (secondary N) is 1. The van der Waals surface area contributed by atoms with Gasteiger partial charge in [0, 0.05) is 18.3 Å². The van der Waals surface area contributed by atoms with Gasteiger partial charge in [0.05, 0.1) is 5.56 Å². The zero-order valence-corrected chi connectivity index (χ0v) is 10.5. The van der Waals surface area contributed by atoms with E-state index in [2.05, 4.69) is 21.3 Å². The van der Waals surface area contributed by atoms with Crippen LogP contribution in [0.3, 0.4) is 0 Å². The van der Waals surface area contributed by atoms with Crippen molar-refractivity contribution in [2.45, 2.75) is 37.8 Å². The van der Waals surface area contributed by atoms with Crippen molar-refractivity contribution in [3.8, 4) is 6.07 Å². The maximum Gasteiger partial charge on any atom is 0.144 e. The number of pyridine rings is 1. The highest BCUT2D eigenvalue weighted by Crippen LogP contribution is 2.29. The summed E-state index contributed by atoms with van der Waals surface area (Å²) >= 11 is 0. The van der Waals surface area contributed by atoms with Gasteiger partial charge in [-0.05, 0) is 50.9 Å². The highest BCUT2D eigenvalue weighted by Gasteiger charge is 2.34. The summed E-state index contributed by atoms with van der Waals surface area (Å²) in [5.41, 5.74) is 0.646. The lowest BCUT2D eigenvalue weighted by atomic mass is 9.96. The summed E-state index contributed by atoms with van der Waals surface area (Å²) in [6.45, 7) is 2.46. The van der Waals surface area contributed by atoms with Crippen molar-refractivity contribution in [3.63, 3.8) is 0 Å². The van der Waals surface area contributed by atoms with Crippen molar-refractivity contribution < 1.29 is 0 Å². The third-order valence-electron chi connectivity index (χ3n) is 4.09. The molecule has 3 rings (SSSR count). The van der Waals surface area contributed by atoms with Gasteiger partial charge in [-0.3, -0.25) is 4.90 Å².